The Balaban J connectivity index is 3.01. The number of phenolic OH excluding ortho intramolecular Hbond substituents is 1. The van der Waals surface area contributed by atoms with Gasteiger partial charge in [-0.1, -0.05) is 22.0 Å². The third-order valence-electron chi connectivity index (χ3n) is 1.90. The molecule has 1 aromatic rings. The van der Waals surface area contributed by atoms with Gasteiger partial charge in [0.15, 0.2) is 6.10 Å². The van der Waals surface area contributed by atoms with E-state index in [1.54, 1.807) is 6.07 Å². The summed E-state index contributed by atoms with van der Waals surface area (Å²) < 4.78 is 0.615. The van der Waals surface area contributed by atoms with E-state index in [9.17, 15) is 20.1 Å². The Morgan fingerprint density at radius 1 is 1.40 bits per heavy atom. The van der Waals surface area contributed by atoms with Gasteiger partial charge < -0.3 is 21.1 Å². The van der Waals surface area contributed by atoms with E-state index in [1.807, 2.05) is 0 Å². The number of amides is 1. The average molecular weight is 276 g/mol. The lowest BCUT2D eigenvalue weighted by Crippen LogP contribution is -2.33. The second kappa shape index (κ2) is 4.61. The van der Waals surface area contributed by atoms with Crippen LogP contribution in [-0.2, 0) is 4.79 Å². The van der Waals surface area contributed by atoms with Crippen molar-refractivity contribution < 1.29 is 20.1 Å². The van der Waals surface area contributed by atoms with Crippen molar-refractivity contribution in [2.45, 2.75) is 12.2 Å². The fraction of sp³-hybridized carbons (Fsp3) is 0.222. The molecule has 1 amide bonds. The maximum absolute atomic E-state index is 10.6. The highest BCUT2D eigenvalue weighted by molar-refractivity contribution is 9.10. The van der Waals surface area contributed by atoms with Gasteiger partial charge in [-0.3, -0.25) is 4.79 Å². The highest BCUT2D eigenvalue weighted by Crippen LogP contribution is 2.29. The highest BCUT2D eigenvalue weighted by Gasteiger charge is 2.25. The second-order valence-corrected chi connectivity index (χ2v) is 3.91. The number of aliphatic hydroxyl groups is 2. The molecule has 0 aliphatic rings. The van der Waals surface area contributed by atoms with E-state index in [4.69, 9.17) is 5.73 Å². The highest BCUT2D eigenvalue weighted by atomic mass is 79.9. The van der Waals surface area contributed by atoms with Gasteiger partial charge in [-0.15, -0.1) is 0 Å². The number of primary amides is 1. The van der Waals surface area contributed by atoms with Gasteiger partial charge in [0.25, 0.3) is 0 Å². The molecule has 82 valence electrons. The molecule has 0 heterocycles. The third-order valence-corrected chi connectivity index (χ3v) is 2.39. The summed E-state index contributed by atoms with van der Waals surface area (Å²) in [5.74, 6) is -1.28. The van der Waals surface area contributed by atoms with Crippen molar-refractivity contribution in [1.82, 2.24) is 0 Å². The number of aliphatic hydroxyl groups excluding tert-OH is 2. The van der Waals surface area contributed by atoms with Crippen molar-refractivity contribution in [3.05, 3.63) is 28.2 Å². The standard InChI is InChI=1S/C9H10BrNO4/c10-4-1-2-5(6(12)3-4)7(13)8(14)9(11)15/h1-3,7-8,12-14H,(H2,11,15). The smallest absolute Gasteiger partial charge is 0.249 e. The Labute approximate surface area is 94.3 Å². The molecule has 0 bridgehead atoms. The minimum Gasteiger partial charge on any atom is -0.508 e. The predicted octanol–water partition coefficient (Wildman–Crippen LogP) is 0.0343. The average Bonchev–Trinajstić information content (AvgIpc) is 2.15. The molecule has 0 aliphatic heterocycles. The van der Waals surface area contributed by atoms with Crippen LogP contribution in [0.15, 0.2) is 22.7 Å². The quantitative estimate of drug-likeness (QED) is 0.625. The zero-order valence-electron chi connectivity index (χ0n) is 7.59. The number of halogens is 1. The normalized spacial score (nSPS) is 14.6. The summed E-state index contributed by atoms with van der Waals surface area (Å²) in [6.07, 6.45) is -3.27. The van der Waals surface area contributed by atoms with E-state index in [1.165, 1.54) is 12.1 Å². The first-order valence-electron chi connectivity index (χ1n) is 4.07. The van der Waals surface area contributed by atoms with E-state index >= 15 is 0 Å². The first kappa shape index (κ1) is 12.0. The number of benzene rings is 1. The monoisotopic (exact) mass is 275 g/mol. The number of hydrogen-bond donors (Lipinski definition) is 4. The molecule has 5 nitrogen and oxygen atoms in total. The first-order chi connectivity index (χ1) is 6.93. The minimum atomic E-state index is -1.74. The van der Waals surface area contributed by atoms with Gasteiger partial charge in [-0.25, -0.2) is 0 Å². The van der Waals surface area contributed by atoms with Gasteiger partial charge in [-0.05, 0) is 12.1 Å². The van der Waals surface area contributed by atoms with Gasteiger partial charge in [0.05, 0.1) is 0 Å². The summed E-state index contributed by atoms with van der Waals surface area (Å²) in [4.78, 5) is 10.6. The molecule has 1 aromatic carbocycles. The molecule has 0 aromatic heterocycles. The molecule has 0 saturated carbocycles. The number of hydrogen-bond acceptors (Lipinski definition) is 4. The van der Waals surface area contributed by atoms with E-state index in [0.29, 0.717) is 4.47 Å². The number of nitrogens with two attached hydrogens (primary N) is 1. The Morgan fingerprint density at radius 2 is 2.00 bits per heavy atom. The van der Waals surface area contributed by atoms with Gasteiger partial charge >= 0.3 is 0 Å². The zero-order valence-corrected chi connectivity index (χ0v) is 9.18. The van der Waals surface area contributed by atoms with Crippen LogP contribution in [0.5, 0.6) is 5.75 Å². The van der Waals surface area contributed by atoms with Crippen molar-refractivity contribution in [1.29, 1.82) is 0 Å². The van der Waals surface area contributed by atoms with Crippen molar-refractivity contribution >= 4 is 21.8 Å². The van der Waals surface area contributed by atoms with Crippen LogP contribution in [0, 0.1) is 0 Å². The number of rotatable bonds is 3. The summed E-state index contributed by atoms with van der Waals surface area (Å²) in [5.41, 5.74) is 4.86. The Morgan fingerprint density at radius 3 is 2.47 bits per heavy atom. The zero-order chi connectivity index (χ0) is 11.6. The molecule has 0 spiro atoms. The van der Waals surface area contributed by atoms with Crippen LogP contribution < -0.4 is 5.73 Å². The Hall–Kier alpha value is -1.11. The molecular weight excluding hydrogens is 266 g/mol. The van der Waals surface area contributed by atoms with Crippen molar-refractivity contribution in [3.8, 4) is 5.75 Å². The number of carbonyl (C=O) groups excluding carboxylic acids is 1. The van der Waals surface area contributed by atoms with E-state index in [0.717, 1.165) is 0 Å². The lowest BCUT2D eigenvalue weighted by atomic mass is 10.0. The molecule has 6 heteroatoms. The van der Waals surface area contributed by atoms with Gasteiger partial charge in [0, 0.05) is 10.0 Å². The lowest BCUT2D eigenvalue weighted by molar-refractivity contribution is -0.132. The van der Waals surface area contributed by atoms with Crippen molar-refractivity contribution in [3.63, 3.8) is 0 Å². The van der Waals surface area contributed by atoms with Crippen LogP contribution >= 0.6 is 15.9 Å². The molecule has 2 atom stereocenters. The third kappa shape index (κ3) is 2.68. The second-order valence-electron chi connectivity index (χ2n) is 3.00. The minimum absolute atomic E-state index is 0.0458. The topological polar surface area (TPSA) is 104 Å². The number of aromatic hydroxyl groups is 1. The number of carbonyl (C=O) groups is 1. The molecule has 5 N–H and O–H groups in total. The van der Waals surface area contributed by atoms with Crippen LogP contribution in [0.2, 0.25) is 0 Å². The maximum Gasteiger partial charge on any atom is 0.249 e. The summed E-state index contributed by atoms with van der Waals surface area (Å²) in [7, 11) is 0. The van der Waals surface area contributed by atoms with Crippen molar-refractivity contribution in [2.75, 3.05) is 0 Å². The molecule has 0 aliphatic carbocycles. The first-order valence-corrected chi connectivity index (χ1v) is 4.86. The predicted molar refractivity (Wildman–Crippen MR) is 56.0 cm³/mol. The summed E-state index contributed by atoms with van der Waals surface area (Å²) in [6, 6.07) is 4.29. The lowest BCUT2D eigenvalue weighted by Gasteiger charge is -2.16. The molecule has 1 rings (SSSR count). The molecular formula is C9H10BrNO4. The van der Waals surface area contributed by atoms with E-state index in [-0.39, 0.29) is 11.3 Å². The maximum atomic E-state index is 10.6. The van der Waals surface area contributed by atoms with E-state index in [2.05, 4.69) is 15.9 Å². The van der Waals surface area contributed by atoms with Gasteiger partial charge in [0.1, 0.15) is 11.9 Å². The van der Waals surface area contributed by atoms with E-state index < -0.39 is 18.1 Å². The molecule has 0 fully saturated rings. The molecule has 2 unspecified atom stereocenters. The molecule has 0 saturated heterocycles. The van der Waals surface area contributed by atoms with Crippen LogP contribution in [0.3, 0.4) is 0 Å². The van der Waals surface area contributed by atoms with Crippen LogP contribution in [0.4, 0.5) is 0 Å². The van der Waals surface area contributed by atoms with Crippen LogP contribution in [-0.4, -0.2) is 27.3 Å². The van der Waals surface area contributed by atoms with Gasteiger partial charge in [0.2, 0.25) is 5.91 Å². The van der Waals surface area contributed by atoms with Gasteiger partial charge in [-0.2, -0.15) is 0 Å². The Kier molecular flexibility index (Phi) is 3.67. The Bertz CT molecular complexity index is 382. The molecule has 15 heavy (non-hydrogen) atoms. The van der Waals surface area contributed by atoms with Crippen LogP contribution in [0.1, 0.15) is 11.7 Å². The van der Waals surface area contributed by atoms with Crippen molar-refractivity contribution in [2.24, 2.45) is 5.73 Å². The summed E-state index contributed by atoms with van der Waals surface area (Å²) in [5, 5.41) is 28.1. The van der Waals surface area contributed by atoms with Crippen LogP contribution in [0.25, 0.3) is 0 Å². The fourth-order valence-electron chi connectivity index (χ4n) is 1.09. The number of phenols is 1. The largest absolute Gasteiger partial charge is 0.508 e. The SMILES string of the molecule is NC(=O)C(O)C(O)c1ccc(Br)cc1O. The molecule has 0 radical (unpaired) electrons. The summed E-state index contributed by atoms with van der Waals surface area (Å²) in [6.45, 7) is 0. The summed E-state index contributed by atoms with van der Waals surface area (Å²) >= 11 is 3.12. The fourth-order valence-corrected chi connectivity index (χ4v) is 1.44.